The van der Waals surface area contributed by atoms with Gasteiger partial charge in [-0.2, -0.15) is 0 Å². The van der Waals surface area contributed by atoms with Crippen LogP contribution in [0.25, 0.3) is 22.3 Å². The van der Waals surface area contributed by atoms with Crippen molar-refractivity contribution in [1.82, 2.24) is 21.3 Å². The molecule has 0 heterocycles. The van der Waals surface area contributed by atoms with Gasteiger partial charge in [0.25, 0.3) is 0 Å². The molecule has 0 saturated heterocycles. The van der Waals surface area contributed by atoms with E-state index in [0.717, 1.165) is 65.2 Å². The Labute approximate surface area is 241 Å². The maximum atomic E-state index is 3.59. The summed E-state index contributed by atoms with van der Waals surface area (Å²) in [5.41, 5.74) is 7.80. The molecule has 40 heavy (non-hydrogen) atoms. The van der Waals surface area contributed by atoms with Gasteiger partial charge in [0, 0.05) is 13.1 Å². The normalized spacial score (nSPS) is 11.1. The molecule has 0 spiro atoms. The van der Waals surface area contributed by atoms with E-state index in [0.29, 0.717) is 0 Å². The van der Waals surface area contributed by atoms with Gasteiger partial charge in [-0.3, -0.25) is 0 Å². The van der Waals surface area contributed by atoms with Crippen LogP contribution in [-0.4, -0.2) is 39.3 Å². The Kier molecular flexibility index (Phi) is 13.5. The quantitative estimate of drug-likeness (QED) is 0.102. The Morgan fingerprint density at radius 3 is 1.15 bits per heavy atom. The van der Waals surface area contributed by atoms with E-state index >= 15 is 0 Å². The fourth-order valence-corrected chi connectivity index (χ4v) is 4.88. The minimum absolute atomic E-state index is 0.920. The average molecular weight is 535 g/mol. The first-order valence-electron chi connectivity index (χ1n) is 15.0. The van der Waals surface area contributed by atoms with Crippen molar-refractivity contribution < 1.29 is 0 Å². The van der Waals surface area contributed by atoms with Crippen molar-refractivity contribution in [1.29, 1.82) is 0 Å². The highest BCUT2D eigenvalue weighted by atomic mass is 14.9. The highest BCUT2D eigenvalue weighted by molar-refractivity contribution is 5.64. The molecule has 4 aromatic carbocycles. The van der Waals surface area contributed by atoms with Crippen molar-refractivity contribution in [2.45, 2.75) is 38.8 Å². The second-order valence-corrected chi connectivity index (χ2v) is 10.4. The molecule has 0 atom stereocenters. The topological polar surface area (TPSA) is 48.1 Å². The maximum Gasteiger partial charge on any atom is 0.0205 e. The van der Waals surface area contributed by atoms with Crippen LogP contribution in [0.15, 0.2) is 109 Å². The van der Waals surface area contributed by atoms with E-state index in [1.165, 1.54) is 46.2 Å². The van der Waals surface area contributed by atoms with Crippen molar-refractivity contribution in [3.8, 4) is 22.3 Å². The van der Waals surface area contributed by atoms with Gasteiger partial charge < -0.3 is 21.3 Å². The molecule has 210 valence electrons. The molecule has 4 nitrogen and oxygen atoms in total. The van der Waals surface area contributed by atoms with E-state index in [9.17, 15) is 0 Å². The smallest absolute Gasteiger partial charge is 0.0205 e. The first-order valence-corrected chi connectivity index (χ1v) is 15.0. The lowest BCUT2D eigenvalue weighted by molar-refractivity contribution is 0.547. The molecular weight excluding hydrogens is 488 g/mol. The van der Waals surface area contributed by atoms with E-state index in [2.05, 4.69) is 130 Å². The van der Waals surface area contributed by atoms with Gasteiger partial charge in [-0.25, -0.2) is 0 Å². The van der Waals surface area contributed by atoms with Gasteiger partial charge in [-0.05, 0) is 110 Å². The highest BCUT2D eigenvalue weighted by Crippen LogP contribution is 2.21. The summed E-state index contributed by atoms with van der Waals surface area (Å²) in [6.45, 7) is 8.27. The Hall–Kier alpha value is -3.28. The van der Waals surface area contributed by atoms with Crippen LogP contribution in [-0.2, 0) is 13.1 Å². The summed E-state index contributed by atoms with van der Waals surface area (Å²) in [7, 11) is 0. The first kappa shape index (κ1) is 29.7. The van der Waals surface area contributed by atoms with Crippen molar-refractivity contribution in [2.75, 3.05) is 39.3 Å². The zero-order valence-electron chi connectivity index (χ0n) is 23.9. The van der Waals surface area contributed by atoms with Gasteiger partial charge in [0.1, 0.15) is 0 Å². The summed E-state index contributed by atoms with van der Waals surface area (Å²) >= 11 is 0. The van der Waals surface area contributed by atoms with Gasteiger partial charge in [0.2, 0.25) is 0 Å². The minimum atomic E-state index is 0.920. The third-order valence-electron chi connectivity index (χ3n) is 7.10. The second kappa shape index (κ2) is 18.1. The molecule has 0 radical (unpaired) electrons. The lowest BCUT2D eigenvalue weighted by atomic mass is 10.0. The molecule has 4 heteroatoms. The van der Waals surface area contributed by atoms with E-state index in [4.69, 9.17) is 0 Å². The molecule has 0 amide bonds. The summed E-state index contributed by atoms with van der Waals surface area (Å²) in [6.07, 6.45) is 4.76. The van der Waals surface area contributed by atoms with Gasteiger partial charge in [0.15, 0.2) is 0 Å². The number of hydrogen-bond acceptors (Lipinski definition) is 4. The highest BCUT2D eigenvalue weighted by Gasteiger charge is 2.00. The number of hydrogen-bond donors (Lipinski definition) is 4. The van der Waals surface area contributed by atoms with Crippen LogP contribution in [0.1, 0.15) is 36.8 Å². The van der Waals surface area contributed by atoms with Crippen LogP contribution in [0.5, 0.6) is 0 Å². The van der Waals surface area contributed by atoms with Crippen LogP contribution >= 0.6 is 0 Å². The Bertz CT molecular complexity index is 1110. The molecule has 4 N–H and O–H groups in total. The van der Waals surface area contributed by atoms with Crippen LogP contribution in [0.4, 0.5) is 0 Å². The number of rotatable bonds is 19. The SMILES string of the molecule is c1ccc(-c2cccc(CNCCCNCCCCNCCCNCc3cccc(-c4ccccc4)c3)c2)cc1. The maximum absolute atomic E-state index is 3.59. The van der Waals surface area contributed by atoms with Crippen LogP contribution in [0.3, 0.4) is 0 Å². The zero-order valence-corrected chi connectivity index (χ0v) is 23.9. The standard InChI is InChI=1S/C36H46N4/c1-3-15-33(16-4-1)35-19-9-13-31(27-35)29-39-25-11-23-37-21-7-8-22-38-24-12-26-40-30-32-14-10-20-36(28-32)34-17-5-2-6-18-34/h1-6,9-10,13-20,27-28,37-40H,7-8,11-12,21-26,29-30H2. The zero-order chi connectivity index (χ0) is 27.5. The van der Waals surface area contributed by atoms with Crippen LogP contribution in [0, 0.1) is 0 Å². The number of benzene rings is 4. The van der Waals surface area contributed by atoms with E-state index < -0.39 is 0 Å². The van der Waals surface area contributed by atoms with Gasteiger partial charge >= 0.3 is 0 Å². The number of unbranched alkanes of at least 4 members (excludes halogenated alkanes) is 1. The van der Waals surface area contributed by atoms with Gasteiger partial charge in [-0.15, -0.1) is 0 Å². The Morgan fingerprint density at radius 1 is 0.325 bits per heavy atom. The number of nitrogens with one attached hydrogen (secondary N) is 4. The monoisotopic (exact) mass is 534 g/mol. The third kappa shape index (κ3) is 11.1. The molecule has 0 aliphatic carbocycles. The van der Waals surface area contributed by atoms with Crippen LogP contribution in [0.2, 0.25) is 0 Å². The van der Waals surface area contributed by atoms with E-state index in [1.807, 2.05) is 0 Å². The fraction of sp³-hybridized carbons (Fsp3) is 0.333. The van der Waals surface area contributed by atoms with Gasteiger partial charge in [0.05, 0.1) is 0 Å². The summed E-state index contributed by atoms with van der Waals surface area (Å²) in [4.78, 5) is 0. The molecule has 4 rings (SSSR count). The molecule has 0 saturated carbocycles. The fourth-order valence-electron chi connectivity index (χ4n) is 4.88. The predicted molar refractivity (Wildman–Crippen MR) is 171 cm³/mol. The molecule has 0 fully saturated rings. The summed E-state index contributed by atoms with van der Waals surface area (Å²) < 4.78 is 0. The summed E-state index contributed by atoms with van der Waals surface area (Å²) in [5, 5.41) is 14.3. The lowest BCUT2D eigenvalue weighted by Gasteiger charge is -2.09. The Morgan fingerprint density at radius 2 is 0.700 bits per heavy atom. The molecule has 0 bridgehead atoms. The lowest BCUT2D eigenvalue weighted by Crippen LogP contribution is -2.24. The molecular formula is C36H46N4. The molecule has 0 aliphatic heterocycles. The second-order valence-electron chi connectivity index (χ2n) is 10.4. The van der Waals surface area contributed by atoms with Crippen LogP contribution < -0.4 is 21.3 Å². The minimum Gasteiger partial charge on any atom is -0.317 e. The predicted octanol–water partition coefficient (Wildman–Crippen LogP) is 6.64. The van der Waals surface area contributed by atoms with E-state index in [1.54, 1.807) is 0 Å². The molecule has 4 aromatic rings. The first-order chi connectivity index (χ1) is 19.9. The van der Waals surface area contributed by atoms with Crippen molar-refractivity contribution in [2.24, 2.45) is 0 Å². The third-order valence-corrected chi connectivity index (χ3v) is 7.10. The summed E-state index contributed by atoms with van der Waals surface area (Å²) in [6, 6.07) is 38.8. The average Bonchev–Trinajstić information content (AvgIpc) is 3.02. The van der Waals surface area contributed by atoms with Crippen molar-refractivity contribution >= 4 is 0 Å². The molecule has 0 unspecified atom stereocenters. The largest absolute Gasteiger partial charge is 0.317 e. The van der Waals surface area contributed by atoms with Crippen molar-refractivity contribution in [3.05, 3.63) is 120 Å². The molecule has 0 aliphatic rings. The molecule has 0 aromatic heterocycles. The summed E-state index contributed by atoms with van der Waals surface area (Å²) in [5.74, 6) is 0. The van der Waals surface area contributed by atoms with Crippen molar-refractivity contribution in [3.63, 3.8) is 0 Å². The van der Waals surface area contributed by atoms with Gasteiger partial charge in [-0.1, -0.05) is 97.1 Å². The van der Waals surface area contributed by atoms with E-state index in [-0.39, 0.29) is 0 Å². The Balaban J connectivity index is 0.927.